The van der Waals surface area contributed by atoms with Gasteiger partial charge in [0, 0.05) is 6.92 Å². The summed E-state index contributed by atoms with van der Waals surface area (Å²) in [5, 5.41) is 0. The first-order chi connectivity index (χ1) is 9.97. The molecular weight excluding hydrogens is 365 g/mol. The lowest BCUT2D eigenvalue weighted by atomic mass is 9.86. The molecule has 0 bridgehead atoms. The molecular formula is C9H3F11O3. The molecule has 134 valence electrons. The molecule has 23 heavy (non-hydrogen) atoms. The maximum absolute atomic E-state index is 14.1. The normalized spacial score (nSPS) is 38.4. The summed E-state index contributed by atoms with van der Waals surface area (Å²) in [7, 11) is 0. The van der Waals surface area contributed by atoms with Crippen molar-refractivity contribution >= 4 is 0 Å². The SMILES string of the molecule is CC1(F)OC(F)(C(F)(F)F)C(F)(F)C(F)(F)C12OC(F)=C(F)O2. The maximum Gasteiger partial charge on any atom is 0.455 e. The van der Waals surface area contributed by atoms with Gasteiger partial charge in [-0.2, -0.15) is 43.9 Å². The van der Waals surface area contributed by atoms with Crippen LogP contribution in [0.25, 0.3) is 0 Å². The average Bonchev–Trinajstić information content (AvgIpc) is 2.64. The van der Waals surface area contributed by atoms with E-state index in [0.29, 0.717) is 0 Å². The highest BCUT2D eigenvalue weighted by molar-refractivity contribution is 5.19. The molecule has 0 amide bonds. The lowest BCUT2D eigenvalue weighted by molar-refractivity contribution is -0.561. The minimum absolute atomic E-state index is 0.456. The molecule has 14 heteroatoms. The van der Waals surface area contributed by atoms with E-state index in [1.165, 1.54) is 0 Å². The third kappa shape index (κ3) is 1.75. The molecule has 0 aromatic rings. The summed E-state index contributed by atoms with van der Waals surface area (Å²) in [5.41, 5.74) is 0. The Bertz CT molecular complexity index is 552. The van der Waals surface area contributed by atoms with Crippen LogP contribution >= 0.6 is 0 Å². The molecule has 2 heterocycles. The fraction of sp³-hybridized carbons (Fsp3) is 0.778. The van der Waals surface area contributed by atoms with Crippen molar-refractivity contribution in [2.45, 2.75) is 42.4 Å². The second-order valence-electron chi connectivity index (χ2n) is 4.63. The Kier molecular flexibility index (Phi) is 3.21. The van der Waals surface area contributed by atoms with Gasteiger partial charge in [0.25, 0.3) is 5.85 Å². The lowest BCUT2D eigenvalue weighted by Crippen LogP contribution is -2.82. The Morgan fingerprint density at radius 1 is 0.783 bits per heavy atom. The minimum atomic E-state index is -6.88. The molecule has 2 unspecified atom stereocenters. The van der Waals surface area contributed by atoms with E-state index in [2.05, 4.69) is 14.2 Å². The zero-order chi connectivity index (χ0) is 18.3. The van der Waals surface area contributed by atoms with E-state index in [1.54, 1.807) is 0 Å². The van der Waals surface area contributed by atoms with Gasteiger partial charge in [-0.05, 0) is 0 Å². The zero-order valence-corrected chi connectivity index (χ0v) is 10.4. The molecule has 2 rings (SSSR count). The van der Waals surface area contributed by atoms with Crippen LogP contribution in [-0.2, 0) is 14.2 Å². The van der Waals surface area contributed by atoms with E-state index in [4.69, 9.17) is 0 Å². The first-order valence-electron chi connectivity index (χ1n) is 5.30. The molecule has 1 spiro atoms. The number of ether oxygens (including phenoxy) is 3. The van der Waals surface area contributed by atoms with Crippen LogP contribution in [0.4, 0.5) is 48.3 Å². The van der Waals surface area contributed by atoms with Gasteiger partial charge in [0.15, 0.2) is 0 Å². The second kappa shape index (κ2) is 4.13. The highest BCUT2D eigenvalue weighted by atomic mass is 19.4. The van der Waals surface area contributed by atoms with Crippen LogP contribution < -0.4 is 0 Å². The molecule has 0 saturated carbocycles. The van der Waals surface area contributed by atoms with Gasteiger partial charge in [-0.15, -0.1) is 0 Å². The molecule has 1 fully saturated rings. The molecule has 0 aliphatic carbocycles. The highest BCUT2D eigenvalue weighted by Crippen LogP contribution is 2.67. The fourth-order valence-electron chi connectivity index (χ4n) is 1.98. The number of rotatable bonds is 0. The Morgan fingerprint density at radius 3 is 1.52 bits per heavy atom. The molecule has 0 radical (unpaired) electrons. The Labute approximate surface area is 118 Å². The first kappa shape index (κ1) is 17.9. The van der Waals surface area contributed by atoms with Crippen molar-refractivity contribution in [1.29, 1.82) is 0 Å². The minimum Gasteiger partial charge on any atom is -0.412 e. The summed E-state index contributed by atoms with van der Waals surface area (Å²) in [5.74, 6) is -29.9. The summed E-state index contributed by atoms with van der Waals surface area (Å²) in [6, 6.07) is -5.54. The van der Waals surface area contributed by atoms with Crippen molar-refractivity contribution in [3.05, 3.63) is 12.0 Å². The van der Waals surface area contributed by atoms with Gasteiger partial charge in [-0.1, -0.05) is 0 Å². The third-order valence-corrected chi connectivity index (χ3v) is 3.12. The third-order valence-electron chi connectivity index (χ3n) is 3.12. The van der Waals surface area contributed by atoms with Crippen molar-refractivity contribution in [3.8, 4) is 0 Å². The van der Waals surface area contributed by atoms with Crippen LogP contribution in [0, 0.1) is 0 Å². The standard InChI is InChI=1S/C9H3F11O3/c1-4(12)8(21-2(10)3(11)22-8)6(15,16)5(13,14)7(17,23-4)9(18,19)20/h1H3. The van der Waals surface area contributed by atoms with Gasteiger partial charge in [-0.3, -0.25) is 4.74 Å². The molecule has 2 atom stereocenters. The molecule has 0 aromatic heterocycles. The van der Waals surface area contributed by atoms with Crippen molar-refractivity contribution in [2.75, 3.05) is 0 Å². The summed E-state index contributed by atoms with van der Waals surface area (Å²) in [4.78, 5) is 0. The van der Waals surface area contributed by atoms with Crippen molar-refractivity contribution in [1.82, 2.24) is 0 Å². The highest BCUT2D eigenvalue weighted by Gasteiger charge is 2.97. The van der Waals surface area contributed by atoms with E-state index in [1.807, 2.05) is 0 Å². The van der Waals surface area contributed by atoms with Gasteiger partial charge in [0.05, 0.1) is 0 Å². The van der Waals surface area contributed by atoms with Crippen LogP contribution in [0.15, 0.2) is 12.0 Å². The lowest BCUT2D eigenvalue weighted by Gasteiger charge is -2.53. The van der Waals surface area contributed by atoms with Crippen LogP contribution in [-0.4, -0.2) is 35.5 Å². The number of hydrogen-bond donors (Lipinski definition) is 0. The van der Waals surface area contributed by atoms with Crippen molar-refractivity contribution in [2.24, 2.45) is 0 Å². The predicted octanol–water partition coefficient (Wildman–Crippen LogP) is 4.01. The number of halogens is 11. The average molecular weight is 368 g/mol. The quantitative estimate of drug-likeness (QED) is 0.605. The molecule has 1 saturated heterocycles. The van der Waals surface area contributed by atoms with Gasteiger partial charge in [-0.25, -0.2) is 4.39 Å². The predicted molar refractivity (Wildman–Crippen MR) is 44.5 cm³/mol. The molecule has 0 N–H and O–H groups in total. The van der Waals surface area contributed by atoms with E-state index in [-0.39, 0.29) is 0 Å². The summed E-state index contributed by atoms with van der Waals surface area (Å²) < 4.78 is 154. The van der Waals surface area contributed by atoms with Gasteiger partial charge in [0.2, 0.25) is 0 Å². The summed E-state index contributed by atoms with van der Waals surface area (Å²) in [6.07, 6.45) is -6.85. The van der Waals surface area contributed by atoms with Gasteiger partial charge in [0.1, 0.15) is 0 Å². The van der Waals surface area contributed by atoms with Crippen LogP contribution in [0.2, 0.25) is 0 Å². The smallest absolute Gasteiger partial charge is 0.412 e. The van der Waals surface area contributed by atoms with Crippen molar-refractivity contribution < 1.29 is 62.5 Å². The fourth-order valence-corrected chi connectivity index (χ4v) is 1.98. The number of alkyl halides is 9. The zero-order valence-electron chi connectivity index (χ0n) is 10.4. The van der Waals surface area contributed by atoms with E-state index < -0.39 is 54.5 Å². The molecule has 2 aliphatic rings. The van der Waals surface area contributed by atoms with E-state index in [9.17, 15) is 48.3 Å². The molecule has 2 aliphatic heterocycles. The van der Waals surface area contributed by atoms with Gasteiger partial charge >= 0.3 is 41.7 Å². The Morgan fingerprint density at radius 2 is 1.17 bits per heavy atom. The Balaban J connectivity index is 2.70. The second-order valence-corrected chi connectivity index (χ2v) is 4.63. The van der Waals surface area contributed by atoms with E-state index >= 15 is 0 Å². The monoisotopic (exact) mass is 368 g/mol. The molecule has 0 aromatic carbocycles. The van der Waals surface area contributed by atoms with E-state index in [0.717, 1.165) is 0 Å². The summed E-state index contributed by atoms with van der Waals surface area (Å²) >= 11 is 0. The van der Waals surface area contributed by atoms with Crippen LogP contribution in [0.1, 0.15) is 6.92 Å². The van der Waals surface area contributed by atoms with Crippen LogP contribution in [0.3, 0.4) is 0 Å². The van der Waals surface area contributed by atoms with Gasteiger partial charge < -0.3 is 9.47 Å². The topological polar surface area (TPSA) is 27.7 Å². The molecule has 3 nitrogen and oxygen atoms in total. The Hall–Kier alpha value is -1.47. The summed E-state index contributed by atoms with van der Waals surface area (Å²) in [6.45, 7) is -0.456. The van der Waals surface area contributed by atoms with Crippen LogP contribution in [0.5, 0.6) is 0 Å². The van der Waals surface area contributed by atoms with Crippen molar-refractivity contribution in [3.63, 3.8) is 0 Å². The maximum atomic E-state index is 14.1. The largest absolute Gasteiger partial charge is 0.455 e. The number of hydrogen-bond acceptors (Lipinski definition) is 3. The first-order valence-corrected chi connectivity index (χ1v) is 5.30.